The van der Waals surface area contributed by atoms with Gasteiger partial charge in [0.1, 0.15) is 33.2 Å². The number of alkyl halides is 3. The Morgan fingerprint density at radius 3 is 2.43 bits per heavy atom. The van der Waals surface area contributed by atoms with Gasteiger partial charge in [0, 0.05) is 23.8 Å². The van der Waals surface area contributed by atoms with Crippen molar-refractivity contribution in [2.24, 2.45) is 0 Å². The zero-order valence-corrected chi connectivity index (χ0v) is 24.0. The Morgan fingerprint density at radius 1 is 1.02 bits per heavy atom. The normalized spacial score (nSPS) is 17.7. The van der Waals surface area contributed by atoms with Crippen molar-refractivity contribution in [1.82, 2.24) is 0 Å². The van der Waals surface area contributed by atoms with E-state index in [0.717, 1.165) is 17.9 Å². The van der Waals surface area contributed by atoms with E-state index in [1.165, 1.54) is 13.2 Å². The first-order valence-corrected chi connectivity index (χ1v) is 15.6. The monoisotopic (exact) mass is 604 g/mol. The highest BCUT2D eigenvalue weighted by molar-refractivity contribution is 7.90. The Hall–Kier alpha value is -3.73. The first-order chi connectivity index (χ1) is 19.9. The average molecular weight is 605 g/mol. The second-order valence-electron chi connectivity index (χ2n) is 10.5. The predicted molar refractivity (Wildman–Crippen MR) is 150 cm³/mol. The van der Waals surface area contributed by atoms with E-state index in [4.69, 9.17) is 18.9 Å². The third kappa shape index (κ3) is 6.67. The van der Waals surface area contributed by atoms with Crippen LogP contribution in [0.3, 0.4) is 0 Å². The van der Waals surface area contributed by atoms with Crippen LogP contribution in [0, 0.1) is 0 Å². The SMILES string of the molecule is COC(=O)C[C@H]1COc2cc(OC3CCc4c3ccc(C(F)(F)F)c4-c3ccc(OCCCS(C)(=O)=O)cc3)ccc21. The molecule has 5 rings (SSSR count). The van der Waals surface area contributed by atoms with Crippen molar-refractivity contribution in [2.45, 2.75) is 43.9 Å². The standard InChI is InChI=1S/C31H31F3O7S/c1-38-29(35)16-20-18-40-28-17-22(8-9-23(20)28)41-27-13-11-25-24(27)10-12-26(31(32,33)34)30(25)19-4-6-21(7-5-19)39-14-3-15-42(2,36)37/h4-10,12,17,20,27H,3,11,13-16,18H2,1-2H3/t20-,27?/m0/s1. The van der Waals surface area contributed by atoms with Gasteiger partial charge in [0.2, 0.25) is 0 Å². The fourth-order valence-corrected chi connectivity index (χ4v) is 6.17. The number of halogens is 3. The van der Waals surface area contributed by atoms with Crippen LogP contribution in [0.1, 0.15) is 53.5 Å². The molecule has 1 aliphatic carbocycles. The average Bonchev–Trinajstić information content (AvgIpc) is 3.53. The van der Waals surface area contributed by atoms with Crippen molar-refractivity contribution >= 4 is 15.8 Å². The van der Waals surface area contributed by atoms with Gasteiger partial charge in [-0.1, -0.05) is 24.3 Å². The number of methoxy groups -OCH3 is 1. The smallest absolute Gasteiger partial charge is 0.417 e. The van der Waals surface area contributed by atoms with Crippen LogP contribution < -0.4 is 14.2 Å². The Bertz CT molecular complexity index is 1570. The Kier molecular flexibility index (Phi) is 8.41. The third-order valence-electron chi connectivity index (χ3n) is 7.51. The summed E-state index contributed by atoms with van der Waals surface area (Å²) < 4.78 is 87.4. The van der Waals surface area contributed by atoms with Gasteiger partial charge >= 0.3 is 12.1 Å². The molecule has 0 amide bonds. The van der Waals surface area contributed by atoms with E-state index in [9.17, 15) is 26.4 Å². The second kappa shape index (κ2) is 11.9. The van der Waals surface area contributed by atoms with Crippen LogP contribution in [0.25, 0.3) is 11.1 Å². The lowest BCUT2D eigenvalue weighted by atomic mass is 9.91. The lowest BCUT2D eigenvalue weighted by molar-refractivity contribution is -0.141. The van der Waals surface area contributed by atoms with Gasteiger partial charge in [0.15, 0.2) is 0 Å². The maximum atomic E-state index is 14.1. The molecule has 3 aromatic rings. The van der Waals surface area contributed by atoms with Crippen LogP contribution >= 0.6 is 0 Å². The van der Waals surface area contributed by atoms with Crippen LogP contribution in [-0.4, -0.2) is 46.7 Å². The third-order valence-corrected chi connectivity index (χ3v) is 8.54. The molecule has 0 saturated carbocycles. The van der Waals surface area contributed by atoms with Gasteiger partial charge in [-0.25, -0.2) is 8.42 Å². The number of hydrogen-bond donors (Lipinski definition) is 0. The number of carbonyl (C=O) groups is 1. The van der Waals surface area contributed by atoms with Crippen molar-refractivity contribution in [2.75, 3.05) is 32.3 Å². The highest BCUT2D eigenvalue weighted by atomic mass is 32.2. The molecule has 0 radical (unpaired) electrons. The molecule has 1 heterocycles. The van der Waals surface area contributed by atoms with Crippen molar-refractivity contribution in [3.63, 3.8) is 0 Å². The molecule has 7 nitrogen and oxygen atoms in total. The summed E-state index contributed by atoms with van der Waals surface area (Å²) in [6.07, 6.45) is -2.40. The van der Waals surface area contributed by atoms with Crippen molar-refractivity contribution in [3.8, 4) is 28.4 Å². The van der Waals surface area contributed by atoms with Crippen LogP contribution in [0.2, 0.25) is 0 Å². The number of benzene rings is 3. The number of hydrogen-bond acceptors (Lipinski definition) is 7. The number of rotatable bonds is 10. The molecule has 0 saturated heterocycles. The fraction of sp³-hybridized carbons (Fsp3) is 0.387. The molecule has 3 aromatic carbocycles. The van der Waals surface area contributed by atoms with Crippen LogP contribution in [-0.2, 0) is 32.0 Å². The maximum Gasteiger partial charge on any atom is 0.417 e. The minimum Gasteiger partial charge on any atom is -0.494 e. The van der Waals surface area contributed by atoms with E-state index in [1.54, 1.807) is 36.4 Å². The number of carbonyl (C=O) groups excluding carboxylic acids is 1. The minimum absolute atomic E-state index is 0.00614. The minimum atomic E-state index is -4.55. The number of ether oxygens (including phenoxy) is 4. The lowest BCUT2D eigenvalue weighted by Crippen LogP contribution is -2.10. The zero-order valence-electron chi connectivity index (χ0n) is 23.2. The van der Waals surface area contributed by atoms with Gasteiger partial charge in [-0.2, -0.15) is 13.2 Å². The summed E-state index contributed by atoms with van der Waals surface area (Å²) in [5.74, 6) is 1.16. The summed E-state index contributed by atoms with van der Waals surface area (Å²) in [6, 6.07) is 14.4. The number of sulfone groups is 1. The molecule has 2 aliphatic rings. The van der Waals surface area contributed by atoms with Crippen molar-refractivity contribution < 1.29 is 45.3 Å². The molecular formula is C31H31F3O7S. The van der Waals surface area contributed by atoms with E-state index in [-0.39, 0.29) is 36.2 Å². The second-order valence-corrected chi connectivity index (χ2v) is 12.8. The molecule has 42 heavy (non-hydrogen) atoms. The van der Waals surface area contributed by atoms with E-state index in [1.807, 2.05) is 6.07 Å². The molecule has 2 atom stereocenters. The highest BCUT2D eigenvalue weighted by Gasteiger charge is 2.38. The van der Waals surface area contributed by atoms with Crippen molar-refractivity contribution in [3.05, 3.63) is 76.9 Å². The molecule has 224 valence electrons. The summed E-state index contributed by atoms with van der Waals surface area (Å²) in [5.41, 5.74) is 1.99. The number of esters is 1. The predicted octanol–water partition coefficient (Wildman–Crippen LogP) is 6.29. The first-order valence-electron chi connectivity index (χ1n) is 13.6. The molecule has 1 aliphatic heterocycles. The molecule has 0 aromatic heterocycles. The summed E-state index contributed by atoms with van der Waals surface area (Å²) in [6.45, 7) is 0.536. The fourth-order valence-electron chi connectivity index (χ4n) is 5.53. The number of fused-ring (bicyclic) bond motifs is 2. The van der Waals surface area contributed by atoms with Gasteiger partial charge in [-0.05, 0) is 65.8 Å². The van der Waals surface area contributed by atoms with Crippen LogP contribution in [0.15, 0.2) is 54.6 Å². The summed E-state index contributed by atoms with van der Waals surface area (Å²) in [5, 5.41) is 0. The summed E-state index contributed by atoms with van der Waals surface area (Å²) in [7, 11) is -1.76. The van der Waals surface area contributed by atoms with E-state index in [0.29, 0.717) is 59.8 Å². The van der Waals surface area contributed by atoms with Crippen LogP contribution in [0.5, 0.6) is 17.2 Å². The maximum absolute atomic E-state index is 14.1. The summed E-state index contributed by atoms with van der Waals surface area (Å²) >= 11 is 0. The molecule has 1 unspecified atom stereocenters. The van der Waals surface area contributed by atoms with Crippen molar-refractivity contribution in [1.29, 1.82) is 0 Å². The van der Waals surface area contributed by atoms with Gasteiger partial charge < -0.3 is 18.9 Å². The van der Waals surface area contributed by atoms with Gasteiger partial charge in [-0.15, -0.1) is 0 Å². The Balaban J connectivity index is 1.36. The van der Waals surface area contributed by atoms with E-state index in [2.05, 4.69) is 0 Å². The topological polar surface area (TPSA) is 88.1 Å². The quantitative estimate of drug-likeness (QED) is 0.199. The summed E-state index contributed by atoms with van der Waals surface area (Å²) in [4.78, 5) is 11.7. The lowest BCUT2D eigenvalue weighted by Gasteiger charge is -2.20. The Labute approximate surface area is 242 Å². The first kappa shape index (κ1) is 29.8. The van der Waals surface area contributed by atoms with E-state index < -0.39 is 27.7 Å². The van der Waals surface area contributed by atoms with Gasteiger partial charge in [-0.3, -0.25) is 4.79 Å². The van der Waals surface area contributed by atoms with Gasteiger partial charge in [0.05, 0.1) is 38.1 Å². The largest absolute Gasteiger partial charge is 0.494 e. The molecule has 0 bridgehead atoms. The molecule has 0 spiro atoms. The van der Waals surface area contributed by atoms with Gasteiger partial charge in [0.25, 0.3) is 0 Å². The molecule has 11 heteroatoms. The molecule has 0 N–H and O–H groups in total. The molecule has 0 fully saturated rings. The van der Waals surface area contributed by atoms with E-state index >= 15 is 0 Å². The molecular weight excluding hydrogens is 573 g/mol. The zero-order chi connectivity index (χ0) is 30.1. The highest BCUT2D eigenvalue weighted by Crippen LogP contribution is 2.47. The Morgan fingerprint density at radius 2 is 1.74 bits per heavy atom. The van der Waals surface area contributed by atoms with Crippen LogP contribution in [0.4, 0.5) is 13.2 Å².